The average molecular weight is 379 g/mol. The predicted molar refractivity (Wildman–Crippen MR) is 99.9 cm³/mol. The molecule has 4 heteroatoms. The van der Waals surface area contributed by atoms with Crippen molar-refractivity contribution in [1.82, 2.24) is 10.2 Å². The molecule has 1 aromatic carbocycles. The number of hydrogen-bond acceptors (Lipinski definition) is 3. The zero-order valence-corrected chi connectivity index (χ0v) is 15.7. The standard InChI is InChI=1S/C19H27BrN2O/c1-14(2)22-7-3-4-15(12-22)10-21-11-16-8-17-9-18(20)5-6-19(17)23-13-16/h5-6,8-9,14-15,21H,3-4,7,10-13H2,1-2H3. The summed E-state index contributed by atoms with van der Waals surface area (Å²) < 4.78 is 6.94. The minimum Gasteiger partial charge on any atom is -0.489 e. The first-order valence-corrected chi connectivity index (χ1v) is 9.47. The highest BCUT2D eigenvalue weighted by Crippen LogP contribution is 2.29. The van der Waals surface area contributed by atoms with Gasteiger partial charge in [-0.1, -0.05) is 15.9 Å². The molecule has 1 N–H and O–H groups in total. The highest BCUT2D eigenvalue weighted by molar-refractivity contribution is 9.10. The molecule has 3 nitrogen and oxygen atoms in total. The molecule has 0 aliphatic carbocycles. The van der Waals surface area contributed by atoms with Gasteiger partial charge in [-0.2, -0.15) is 0 Å². The minimum atomic E-state index is 0.669. The Kier molecular flexibility index (Phi) is 5.78. The van der Waals surface area contributed by atoms with Gasteiger partial charge in [-0.05, 0) is 75.5 Å². The van der Waals surface area contributed by atoms with Crippen molar-refractivity contribution in [2.24, 2.45) is 5.92 Å². The molecule has 23 heavy (non-hydrogen) atoms. The van der Waals surface area contributed by atoms with E-state index in [1.54, 1.807) is 0 Å². The number of benzene rings is 1. The summed E-state index contributed by atoms with van der Waals surface area (Å²) in [6, 6.07) is 6.85. The van der Waals surface area contributed by atoms with Gasteiger partial charge in [-0.3, -0.25) is 0 Å². The number of piperidine rings is 1. The second-order valence-electron chi connectivity index (χ2n) is 7.00. The summed E-state index contributed by atoms with van der Waals surface area (Å²) in [6.07, 6.45) is 4.94. The summed E-state index contributed by atoms with van der Waals surface area (Å²) in [7, 11) is 0. The normalized spacial score (nSPS) is 21.7. The first-order valence-electron chi connectivity index (χ1n) is 8.68. The Morgan fingerprint density at radius 3 is 3.09 bits per heavy atom. The van der Waals surface area contributed by atoms with Gasteiger partial charge in [-0.25, -0.2) is 0 Å². The molecule has 1 aromatic rings. The van der Waals surface area contributed by atoms with Crippen molar-refractivity contribution in [2.75, 3.05) is 32.8 Å². The third kappa shape index (κ3) is 4.59. The number of likely N-dealkylation sites (tertiary alicyclic amines) is 1. The molecule has 0 radical (unpaired) electrons. The van der Waals surface area contributed by atoms with E-state index < -0.39 is 0 Å². The third-order valence-corrected chi connectivity index (χ3v) is 5.30. The van der Waals surface area contributed by atoms with E-state index in [1.165, 1.54) is 37.1 Å². The lowest BCUT2D eigenvalue weighted by molar-refractivity contribution is 0.139. The largest absolute Gasteiger partial charge is 0.489 e. The van der Waals surface area contributed by atoms with Crippen LogP contribution in [0.15, 0.2) is 28.2 Å². The van der Waals surface area contributed by atoms with Crippen LogP contribution in [0.2, 0.25) is 0 Å². The smallest absolute Gasteiger partial charge is 0.127 e. The summed E-state index contributed by atoms with van der Waals surface area (Å²) in [5, 5.41) is 3.64. The monoisotopic (exact) mass is 378 g/mol. The molecule has 1 saturated heterocycles. The summed E-state index contributed by atoms with van der Waals surface area (Å²) in [5.74, 6) is 1.76. The molecule has 1 fully saturated rings. The van der Waals surface area contributed by atoms with Gasteiger partial charge in [0.15, 0.2) is 0 Å². The Morgan fingerprint density at radius 2 is 2.26 bits per heavy atom. The van der Waals surface area contributed by atoms with Crippen LogP contribution in [-0.2, 0) is 0 Å². The Morgan fingerprint density at radius 1 is 1.39 bits per heavy atom. The lowest BCUT2D eigenvalue weighted by Crippen LogP contribution is -2.43. The number of fused-ring (bicyclic) bond motifs is 1. The first kappa shape index (κ1) is 17.0. The fraction of sp³-hybridized carbons (Fsp3) is 0.579. The molecule has 126 valence electrons. The van der Waals surface area contributed by atoms with Gasteiger partial charge in [0, 0.05) is 29.2 Å². The molecule has 2 aliphatic heterocycles. The molecule has 0 bridgehead atoms. The Hall–Kier alpha value is -0.840. The van der Waals surface area contributed by atoms with Gasteiger partial charge in [-0.15, -0.1) is 0 Å². The van der Waals surface area contributed by atoms with E-state index in [1.807, 2.05) is 12.1 Å². The summed E-state index contributed by atoms with van der Waals surface area (Å²) >= 11 is 3.53. The Labute approximate surface area is 148 Å². The van der Waals surface area contributed by atoms with Crippen molar-refractivity contribution in [3.63, 3.8) is 0 Å². The van der Waals surface area contributed by atoms with Crippen LogP contribution in [0.4, 0.5) is 0 Å². The van der Waals surface area contributed by atoms with E-state index in [4.69, 9.17) is 4.74 Å². The fourth-order valence-corrected chi connectivity index (χ4v) is 3.85. The van der Waals surface area contributed by atoms with Crippen molar-refractivity contribution in [1.29, 1.82) is 0 Å². The van der Waals surface area contributed by atoms with Crippen LogP contribution in [0.1, 0.15) is 32.3 Å². The summed E-state index contributed by atoms with van der Waals surface area (Å²) in [4.78, 5) is 2.60. The van der Waals surface area contributed by atoms with E-state index >= 15 is 0 Å². The third-order valence-electron chi connectivity index (χ3n) is 4.81. The zero-order chi connectivity index (χ0) is 16.2. The van der Waals surface area contributed by atoms with Crippen molar-refractivity contribution in [2.45, 2.75) is 32.7 Å². The Balaban J connectivity index is 1.49. The van der Waals surface area contributed by atoms with Gasteiger partial charge in [0.2, 0.25) is 0 Å². The van der Waals surface area contributed by atoms with E-state index in [0.29, 0.717) is 12.6 Å². The molecule has 0 amide bonds. The van der Waals surface area contributed by atoms with Crippen LogP contribution >= 0.6 is 15.9 Å². The lowest BCUT2D eigenvalue weighted by atomic mass is 9.97. The van der Waals surface area contributed by atoms with Gasteiger partial charge >= 0.3 is 0 Å². The van der Waals surface area contributed by atoms with Crippen molar-refractivity contribution >= 4 is 22.0 Å². The molecule has 1 unspecified atom stereocenters. The topological polar surface area (TPSA) is 24.5 Å². The van der Waals surface area contributed by atoms with E-state index in [9.17, 15) is 0 Å². The van der Waals surface area contributed by atoms with Crippen LogP contribution in [0, 0.1) is 5.92 Å². The molecule has 2 aliphatic rings. The molecule has 0 aromatic heterocycles. The molecule has 3 rings (SSSR count). The zero-order valence-electron chi connectivity index (χ0n) is 14.1. The molecular weight excluding hydrogens is 352 g/mol. The SMILES string of the molecule is CC(C)N1CCCC(CNCC2=Cc3cc(Br)ccc3OC2)C1. The molecule has 2 heterocycles. The number of nitrogens with zero attached hydrogens (tertiary/aromatic N) is 1. The van der Waals surface area contributed by atoms with Crippen LogP contribution < -0.4 is 10.1 Å². The quantitative estimate of drug-likeness (QED) is 0.839. The molecule has 0 saturated carbocycles. The van der Waals surface area contributed by atoms with Gasteiger partial charge < -0.3 is 15.0 Å². The highest BCUT2D eigenvalue weighted by atomic mass is 79.9. The lowest BCUT2D eigenvalue weighted by Gasteiger charge is -2.35. The van der Waals surface area contributed by atoms with Crippen LogP contribution in [0.3, 0.4) is 0 Å². The van der Waals surface area contributed by atoms with Gasteiger partial charge in [0.05, 0.1) is 0 Å². The van der Waals surface area contributed by atoms with E-state index in [2.05, 4.69) is 52.1 Å². The number of nitrogens with one attached hydrogen (secondary N) is 1. The summed E-state index contributed by atoms with van der Waals surface area (Å²) in [5.41, 5.74) is 2.50. The van der Waals surface area contributed by atoms with Gasteiger partial charge in [0.1, 0.15) is 12.4 Å². The first-order chi connectivity index (χ1) is 11.1. The maximum atomic E-state index is 5.84. The number of halogens is 1. The van der Waals surface area contributed by atoms with Gasteiger partial charge in [0.25, 0.3) is 0 Å². The molecule has 0 spiro atoms. The fourth-order valence-electron chi connectivity index (χ4n) is 3.47. The minimum absolute atomic E-state index is 0.669. The second kappa shape index (κ2) is 7.82. The maximum Gasteiger partial charge on any atom is 0.127 e. The number of rotatable bonds is 5. The van der Waals surface area contributed by atoms with Crippen molar-refractivity contribution in [3.05, 3.63) is 33.8 Å². The molecule has 1 atom stereocenters. The Bertz CT molecular complexity index is 570. The van der Waals surface area contributed by atoms with Crippen molar-refractivity contribution < 1.29 is 4.74 Å². The average Bonchev–Trinajstić information content (AvgIpc) is 2.54. The number of ether oxygens (including phenoxy) is 1. The van der Waals surface area contributed by atoms with Crippen molar-refractivity contribution in [3.8, 4) is 5.75 Å². The summed E-state index contributed by atoms with van der Waals surface area (Å²) in [6.45, 7) is 9.82. The maximum absolute atomic E-state index is 5.84. The predicted octanol–water partition coefficient (Wildman–Crippen LogP) is 3.93. The highest BCUT2D eigenvalue weighted by Gasteiger charge is 2.21. The second-order valence-corrected chi connectivity index (χ2v) is 7.92. The molecular formula is C19H27BrN2O. The van der Waals surface area contributed by atoms with Crippen LogP contribution in [0.5, 0.6) is 5.75 Å². The van der Waals surface area contributed by atoms with Crippen LogP contribution in [0.25, 0.3) is 6.08 Å². The number of hydrogen-bond donors (Lipinski definition) is 1. The van der Waals surface area contributed by atoms with Crippen LogP contribution in [-0.4, -0.2) is 43.7 Å². The van der Waals surface area contributed by atoms with E-state index in [0.717, 1.165) is 29.2 Å². The van der Waals surface area contributed by atoms with E-state index in [-0.39, 0.29) is 0 Å².